The summed E-state index contributed by atoms with van der Waals surface area (Å²) in [6.07, 6.45) is 2.82. The Balaban J connectivity index is 1.79. The fourth-order valence-corrected chi connectivity index (χ4v) is 4.47. The van der Waals surface area contributed by atoms with Gasteiger partial charge >= 0.3 is 0 Å². The van der Waals surface area contributed by atoms with Crippen molar-refractivity contribution in [2.75, 3.05) is 46.3 Å². The lowest BCUT2D eigenvalue weighted by Crippen LogP contribution is -2.49. The molecule has 0 bridgehead atoms. The second-order valence-electron chi connectivity index (χ2n) is 6.02. The Bertz CT molecular complexity index is 393. The van der Waals surface area contributed by atoms with Gasteiger partial charge in [-0.2, -0.15) is 17.4 Å². The molecule has 1 unspecified atom stereocenters. The number of piperidine rings is 1. The van der Waals surface area contributed by atoms with Gasteiger partial charge < -0.3 is 10.2 Å². The first kappa shape index (κ1) is 16.2. The molecule has 2 heterocycles. The number of nitrogens with zero attached hydrogens (tertiary/aromatic N) is 2. The third kappa shape index (κ3) is 4.39. The largest absolute Gasteiger partial charge is 0.317 e. The van der Waals surface area contributed by atoms with Gasteiger partial charge in [-0.05, 0) is 51.9 Å². The van der Waals surface area contributed by atoms with Crippen LogP contribution in [0.5, 0.6) is 0 Å². The molecule has 0 aliphatic carbocycles. The predicted molar refractivity (Wildman–Crippen MR) is 80.8 cm³/mol. The number of likely N-dealkylation sites (N-methyl/N-ethyl adjacent to an activating group) is 1. The molecule has 2 rings (SSSR count). The van der Waals surface area contributed by atoms with E-state index in [0.29, 0.717) is 19.0 Å². The lowest BCUT2D eigenvalue weighted by Gasteiger charge is -2.32. The fraction of sp³-hybridized carbons (Fsp3) is 1.00. The van der Waals surface area contributed by atoms with Crippen LogP contribution in [0, 0.1) is 5.92 Å². The average Bonchev–Trinajstić information content (AvgIpc) is 2.81. The monoisotopic (exact) mass is 304 g/mol. The highest BCUT2D eigenvalue weighted by Crippen LogP contribution is 2.19. The van der Waals surface area contributed by atoms with Crippen LogP contribution in [0.1, 0.15) is 26.2 Å². The quantitative estimate of drug-likeness (QED) is 0.716. The molecule has 2 fully saturated rings. The van der Waals surface area contributed by atoms with E-state index in [1.165, 1.54) is 0 Å². The molecule has 0 radical (unpaired) electrons. The predicted octanol–water partition coefficient (Wildman–Crippen LogP) is -0.154. The van der Waals surface area contributed by atoms with Crippen LogP contribution in [0.4, 0.5) is 0 Å². The van der Waals surface area contributed by atoms with E-state index in [1.54, 1.807) is 4.31 Å². The number of hydrogen-bond donors (Lipinski definition) is 2. The van der Waals surface area contributed by atoms with Gasteiger partial charge in [0.05, 0.1) is 0 Å². The van der Waals surface area contributed by atoms with Gasteiger partial charge in [-0.3, -0.25) is 0 Å². The zero-order valence-corrected chi connectivity index (χ0v) is 13.5. The van der Waals surface area contributed by atoms with Gasteiger partial charge in [0.1, 0.15) is 0 Å². The molecule has 2 saturated heterocycles. The van der Waals surface area contributed by atoms with Crippen molar-refractivity contribution in [3.8, 4) is 0 Å². The molecule has 2 aliphatic rings. The molecular formula is C13H28N4O2S. The van der Waals surface area contributed by atoms with Gasteiger partial charge in [0.15, 0.2) is 0 Å². The molecule has 0 aromatic heterocycles. The summed E-state index contributed by atoms with van der Waals surface area (Å²) in [5, 5.41) is 3.35. The average molecular weight is 304 g/mol. The minimum atomic E-state index is -3.30. The SMILES string of the molecule is CCNCC1CCN(S(=O)(=O)NC2CCN(C)C2)CC1. The summed E-state index contributed by atoms with van der Waals surface area (Å²) in [4.78, 5) is 2.16. The molecule has 20 heavy (non-hydrogen) atoms. The fourth-order valence-electron chi connectivity index (χ4n) is 3.02. The lowest BCUT2D eigenvalue weighted by molar-refractivity contribution is 0.264. The number of nitrogens with one attached hydrogen (secondary N) is 2. The Morgan fingerprint density at radius 1 is 1.15 bits per heavy atom. The van der Waals surface area contributed by atoms with Crippen molar-refractivity contribution in [3.05, 3.63) is 0 Å². The number of rotatable bonds is 6. The smallest absolute Gasteiger partial charge is 0.279 e. The maximum Gasteiger partial charge on any atom is 0.279 e. The third-order valence-electron chi connectivity index (χ3n) is 4.30. The normalized spacial score (nSPS) is 27.2. The Hall–Kier alpha value is -0.210. The van der Waals surface area contributed by atoms with Gasteiger partial charge in [0, 0.05) is 25.7 Å². The van der Waals surface area contributed by atoms with Gasteiger partial charge in [-0.1, -0.05) is 6.92 Å². The maximum atomic E-state index is 12.3. The lowest BCUT2D eigenvalue weighted by atomic mass is 9.98. The van der Waals surface area contributed by atoms with Crippen LogP contribution in [0.3, 0.4) is 0 Å². The van der Waals surface area contributed by atoms with Crippen molar-refractivity contribution >= 4 is 10.2 Å². The first-order valence-electron chi connectivity index (χ1n) is 7.68. The minimum absolute atomic E-state index is 0.0736. The standard InChI is InChI=1S/C13H28N4O2S/c1-3-14-10-12-4-8-17(9-5-12)20(18,19)15-13-6-7-16(2)11-13/h12-15H,3-11H2,1-2H3. The van der Waals surface area contributed by atoms with Crippen molar-refractivity contribution in [3.63, 3.8) is 0 Å². The molecule has 1 atom stereocenters. The van der Waals surface area contributed by atoms with E-state index in [9.17, 15) is 8.42 Å². The molecule has 0 saturated carbocycles. The van der Waals surface area contributed by atoms with Crippen molar-refractivity contribution < 1.29 is 8.42 Å². The third-order valence-corrected chi connectivity index (χ3v) is 5.98. The summed E-state index contributed by atoms with van der Waals surface area (Å²) in [6.45, 7) is 7.17. The minimum Gasteiger partial charge on any atom is -0.317 e. The molecule has 2 aliphatic heterocycles. The van der Waals surface area contributed by atoms with E-state index >= 15 is 0 Å². The van der Waals surface area contributed by atoms with Gasteiger partial charge in [0.2, 0.25) is 0 Å². The first-order valence-corrected chi connectivity index (χ1v) is 9.12. The van der Waals surface area contributed by atoms with E-state index in [4.69, 9.17) is 0 Å². The first-order chi connectivity index (χ1) is 9.51. The van der Waals surface area contributed by atoms with E-state index < -0.39 is 10.2 Å². The zero-order valence-electron chi connectivity index (χ0n) is 12.6. The van der Waals surface area contributed by atoms with Crippen molar-refractivity contribution in [2.45, 2.75) is 32.2 Å². The van der Waals surface area contributed by atoms with Crippen molar-refractivity contribution in [1.82, 2.24) is 19.2 Å². The molecule has 6 nitrogen and oxygen atoms in total. The van der Waals surface area contributed by atoms with E-state index in [1.807, 2.05) is 7.05 Å². The summed E-state index contributed by atoms with van der Waals surface area (Å²) in [5.41, 5.74) is 0. The molecule has 0 aromatic rings. The molecular weight excluding hydrogens is 276 g/mol. The Morgan fingerprint density at radius 3 is 2.40 bits per heavy atom. The van der Waals surface area contributed by atoms with E-state index in [-0.39, 0.29) is 6.04 Å². The van der Waals surface area contributed by atoms with E-state index in [2.05, 4.69) is 21.9 Å². The number of likely N-dealkylation sites (tertiary alicyclic amines) is 1. The van der Waals surface area contributed by atoms with E-state index in [0.717, 1.165) is 45.4 Å². The molecule has 0 amide bonds. The van der Waals surface area contributed by atoms with Crippen LogP contribution in [0.15, 0.2) is 0 Å². The highest BCUT2D eigenvalue weighted by molar-refractivity contribution is 7.87. The Labute approximate surface area is 123 Å². The Morgan fingerprint density at radius 2 is 1.85 bits per heavy atom. The topological polar surface area (TPSA) is 64.7 Å². The summed E-state index contributed by atoms with van der Waals surface area (Å²) in [5.74, 6) is 0.610. The molecule has 7 heteroatoms. The highest BCUT2D eigenvalue weighted by atomic mass is 32.2. The second kappa shape index (κ2) is 7.17. The van der Waals surface area contributed by atoms with Crippen LogP contribution in [-0.2, 0) is 10.2 Å². The van der Waals surface area contributed by atoms with Crippen LogP contribution in [0.2, 0.25) is 0 Å². The summed E-state index contributed by atoms with van der Waals surface area (Å²) in [6, 6.07) is 0.0736. The molecule has 0 spiro atoms. The summed E-state index contributed by atoms with van der Waals surface area (Å²) >= 11 is 0. The second-order valence-corrected chi connectivity index (χ2v) is 7.72. The van der Waals surface area contributed by atoms with Crippen LogP contribution in [-0.4, -0.2) is 70.0 Å². The van der Waals surface area contributed by atoms with Crippen LogP contribution in [0.25, 0.3) is 0 Å². The van der Waals surface area contributed by atoms with Gasteiger partial charge in [-0.15, -0.1) is 0 Å². The maximum absolute atomic E-state index is 12.3. The van der Waals surface area contributed by atoms with Crippen LogP contribution >= 0.6 is 0 Å². The highest BCUT2D eigenvalue weighted by Gasteiger charge is 2.31. The summed E-state index contributed by atoms with van der Waals surface area (Å²) in [7, 11) is -1.27. The van der Waals surface area contributed by atoms with Gasteiger partial charge in [-0.25, -0.2) is 0 Å². The van der Waals surface area contributed by atoms with Crippen molar-refractivity contribution in [2.24, 2.45) is 5.92 Å². The summed E-state index contributed by atoms with van der Waals surface area (Å²) < 4.78 is 29.2. The van der Waals surface area contributed by atoms with Crippen LogP contribution < -0.4 is 10.0 Å². The molecule has 0 aromatic carbocycles. The van der Waals surface area contributed by atoms with Gasteiger partial charge in [0.25, 0.3) is 10.2 Å². The Kier molecular flexibility index (Phi) is 5.80. The molecule has 118 valence electrons. The number of hydrogen-bond acceptors (Lipinski definition) is 4. The van der Waals surface area contributed by atoms with Crippen molar-refractivity contribution in [1.29, 1.82) is 0 Å². The molecule has 2 N–H and O–H groups in total. The zero-order chi connectivity index (χ0) is 14.6.